The molecule has 1 aromatic heterocycles. The Morgan fingerprint density at radius 2 is 2.12 bits per heavy atom. The van der Waals surface area contributed by atoms with Gasteiger partial charge < -0.3 is 9.88 Å². The van der Waals surface area contributed by atoms with Gasteiger partial charge in [-0.2, -0.15) is 0 Å². The van der Waals surface area contributed by atoms with E-state index in [1.54, 1.807) is 6.07 Å². The summed E-state index contributed by atoms with van der Waals surface area (Å²) in [4.78, 5) is 0. The van der Waals surface area contributed by atoms with Gasteiger partial charge in [0.05, 0.1) is 5.52 Å². The lowest BCUT2D eigenvalue weighted by molar-refractivity contribution is 0.601. The number of rotatable bonds is 5. The van der Waals surface area contributed by atoms with Gasteiger partial charge in [-0.3, -0.25) is 0 Å². The maximum Gasteiger partial charge on any atom is 0.125 e. The summed E-state index contributed by atoms with van der Waals surface area (Å²) in [5.74, 6) is -0.172. The molecule has 2 aromatic rings. The van der Waals surface area contributed by atoms with Crippen LogP contribution in [-0.4, -0.2) is 17.7 Å². The summed E-state index contributed by atoms with van der Waals surface area (Å²) in [5.41, 5.74) is 0.971. The number of hydrogen-bond acceptors (Lipinski definition) is 1. The Hall–Kier alpha value is -1.35. The molecule has 0 aliphatic rings. The van der Waals surface area contributed by atoms with Gasteiger partial charge in [0.1, 0.15) is 5.82 Å². The van der Waals surface area contributed by atoms with Gasteiger partial charge in [-0.05, 0) is 42.6 Å². The summed E-state index contributed by atoms with van der Waals surface area (Å²) >= 11 is 0. The minimum absolute atomic E-state index is 0.172. The number of fused-ring (bicyclic) bond motifs is 1. The molecular weight excluding hydrogens is 203 g/mol. The second kappa shape index (κ2) is 5.12. The molecule has 1 aromatic carbocycles. The highest BCUT2D eigenvalue weighted by Crippen LogP contribution is 2.16. The van der Waals surface area contributed by atoms with E-state index < -0.39 is 0 Å². The zero-order valence-electron chi connectivity index (χ0n) is 9.54. The monoisotopic (exact) mass is 220 g/mol. The second-order valence-corrected chi connectivity index (χ2v) is 3.96. The van der Waals surface area contributed by atoms with E-state index in [4.69, 9.17) is 0 Å². The summed E-state index contributed by atoms with van der Waals surface area (Å²) in [6.07, 6.45) is 3.15. The van der Waals surface area contributed by atoms with Crippen LogP contribution in [0.25, 0.3) is 10.9 Å². The summed E-state index contributed by atoms with van der Waals surface area (Å²) < 4.78 is 15.2. The SMILES string of the molecule is CCCNCCn1ccc2ccc(F)cc21. The molecule has 0 aliphatic carbocycles. The molecule has 86 valence electrons. The first-order valence-electron chi connectivity index (χ1n) is 5.76. The van der Waals surface area contributed by atoms with Crippen LogP contribution in [0, 0.1) is 5.82 Å². The third-order valence-corrected chi connectivity index (χ3v) is 2.69. The second-order valence-electron chi connectivity index (χ2n) is 3.96. The number of halogens is 1. The van der Waals surface area contributed by atoms with E-state index in [1.807, 2.05) is 18.3 Å². The molecule has 0 atom stereocenters. The predicted octanol–water partition coefficient (Wildman–Crippen LogP) is 2.78. The van der Waals surface area contributed by atoms with Gasteiger partial charge in [-0.25, -0.2) is 4.39 Å². The predicted molar refractivity (Wildman–Crippen MR) is 65.1 cm³/mol. The summed E-state index contributed by atoms with van der Waals surface area (Å²) in [5, 5.41) is 4.43. The quantitative estimate of drug-likeness (QED) is 0.767. The summed E-state index contributed by atoms with van der Waals surface area (Å²) in [7, 11) is 0. The topological polar surface area (TPSA) is 17.0 Å². The van der Waals surface area contributed by atoms with E-state index in [0.717, 1.165) is 37.0 Å². The molecule has 0 bridgehead atoms. The van der Waals surface area contributed by atoms with Crippen molar-refractivity contribution in [3.05, 3.63) is 36.3 Å². The Morgan fingerprint density at radius 1 is 1.25 bits per heavy atom. The van der Waals surface area contributed by atoms with Crippen molar-refractivity contribution in [2.45, 2.75) is 19.9 Å². The molecule has 0 saturated carbocycles. The maximum atomic E-state index is 13.1. The van der Waals surface area contributed by atoms with Gasteiger partial charge in [-0.1, -0.05) is 6.92 Å². The summed E-state index contributed by atoms with van der Waals surface area (Å²) in [6, 6.07) is 6.94. The van der Waals surface area contributed by atoms with E-state index in [0.29, 0.717) is 0 Å². The van der Waals surface area contributed by atoms with Gasteiger partial charge in [0, 0.05) is 19.3 Å². The average Bonchev–Trinajstić information content (AvgIpc) is 2.67. The van der Waals surface area contributed by atoms with Crippen molar-refractivity contribution in [2.75, 3.05) is 13.1 Å². The highest BCUT2D eigenvalue weighted by Gasteiger charge is 2.01. The Kier molecular flexibility index (Phi) is 3.57. The zero-order valence-corrected chi connectivity index (χ0v) is 9.54. The highest BCUT2D eigenvalue weighted by molar-refractivity contribution is 5.80. The fraction of sp³-hybridized carbons (Fsp3) is 0.385. The molecule has 1 N–H and O–H groups in total. The van der Waals surface area contributed by atoms with Gasteiger partial charge in [0.2, 0.25) is 0 Å². The molecule has 2 nitrogen and oxygen atoms in total. The Bertz CT molecular complexity index is 462. The van der Waals surface area contributed by atoms with Crippen molar-refractivity contribution in [1.29, 1.82) is 0 Å². The molecule has 0 spiro atoms. The van der Waals surface area contributed by atoms with Crippen molar-refractivity contribution in [2.24, 2.45) is 0 Å². The number of nitrogens with one attached hydrogen (secondary N) is 1. The Morgan fingerprint density at radius 3 is 2.94 bits per heavy atom. The first kappa shape index (κ1) is 11.1. The van der Waals surface area contributed by atoms with E-state index >= 15 is 0 Å². The van der Waals surface area contributed by atoms with E-state index in [9.17, 15) is 4.39 Å². The number of aromatic nitrogens is 1. The van der Waals surface area contributed by atoms with Crippen LogP contribution < -0.4 is 5.32 Å². The molecule has 0 saturated heterocycles. The van der Waals surface area contributed by atoms with E-state index in [-0.39, 0.29) is 5.82 Å². The molecular formula is C13H17FN2. The third kappa shape index (κ3) is 2.42. The van der Waals surface area contributed by atoms with Gasteiger partial charge in [0.25, 0.3) is 0 Å². The van der Waals surface area contributed by atoms with E-state index in [1.165, 1.54) is 6.07 Å². The van der Waals surface area contributed by atoms with Crippen molar-refractivity contribution >= 4 is 10.9 Å². The van der Waals surface area contributed by atoms with Crippen LogP contribution in [0.15, 0.2) is 30.5 Å². The van der Waals surface area contributed by atoms with Crippen LogP contribution in [0.1, 0.15) is 13.3 Å². The smallest absolute Gasteiger partial charge is 0.125 e. The van der Waals surface area contributed by atoms with Gasteiger partial charge in [-0.15, -0.1) is 0 Å². The van der Waals surface area contributed by atoms with Crippen LogP contribution >= 0.6 is 0 Å². The lowest BCUT2D eigenvalue weighted by Gasteiger charge is -2.06. The molecule has 3 heteroatoms. The molecule has 1 heterocycles. The number of nitrogens with zero attached hydrogens (tertiary/aromatic N) is 1. The first-order valence-corrected chi connectivity index (χ1v) is 5.76. The van der Waals surface area contributed by atoms with Crippen LogP contribution in [0.5, 0.6) is 0 Å². The van der Waals surface area contributed by atoms with Gasteiger partial charge in [0.15, 0.2) is 0 Å². The fourth-order valence-corrected chi connectivity index (χ4v) is 1.85. The lowest BCUT2D eigenvalue weighted by atomic mass is 10.2. The van der Waals surface area contributed by atoms with Crippen LogP contribution in [0.4, 0.5) is 4.39 Å². The molecule has 0 radical (unpaired) electrons. The first-order chi connectivity index (χ1) is 7.81. The van der Waals surface area contributed by atoms with Crippen molar-refractivity contribution in [3.8, 4) is 0 Å². The van der Waals surface area contributed by atoms with Gasteiger partial charge >= 0.3 is 0 Å². The fourth-order valence-electron chi connectivity index (χ4n) is 1.85. The molecule has 16 heavy (non-hydrogen) atoms. The number of hydrogen-bond donors (Lipinski definition) is 1. The normalized spacial score (nSPS) is 11.1. The minimum Gasteiger partial charge on any atom is -0.346 e. The lowest BCUT2D eigenvalue weighted by Crippen LogP contribution is -2.20. The number of benzene rings is 1. The standard InChI is InChI=1S/C13H17FN2/c1-2-6-15-7-9-16-8-5-11-3-4-12(14)10-13(11)16/h3-5,8,10,15H,2,6-7,9H2,1H3. The molecule has 0 aliphatic heterocycles. The van der Waals surface area contributed by atoms with Crippen LogP contribution in [0.2, 0.25) is 0 Å². The highest BCUT2D eigenvalue weighted by atomic mass is 19.1. The average molecular weight is 220 g/mol. The molecule has 0 amide bonds. The van der Waals surface area contributed by atoms with Crippen molar-refractivity contribution < 1.29 is 4.39 Å². The maximum absolute atomic E-state index is 13.1. The van der Waals surface area contributed by atoms with Crippen LogP contribution in [0.3, 0.4) is 0 Å². The largest absolute Gasteiger partial charge is 0.346 e. The zero-order chi connectivity index (χ0) is 11.4. The minimum atomic E-state index is -0.172. The Labute approximate surface area is 95.1 Å². The molecule has 0 unspecified atom stereocenters. The van der Waals surface area contributed by atoms with Crippen molar-refractivity contribution in [3.63, 3.8) is 0 Å². The van der Waals surface area contributed by atoms with Crippen molar-refractivity contribution in [1.82, 2.24) is 9.88 Å². The Balaban J connectivity index is 2.09. The molecule has 2 rings (SSSR count). The summed E-state index contributed by atoms with van der Waals surface area (Å²) in [6.45, 7) is 4.99. The van der Waals surface area contributed by atoms with Crippen LogP contribution in [-0.2, 0) is 6.54 Å². The molecule has 0 fully saturated rings. The van der Waals surface area contributed by atoms with E-state index in [2.05, 4.69) is 16.8 Å². The third-order valence-electron chi connectivity index (χ3n) is 2.69.